The molecule has 0 spiro atoms. The second-order valence-electron chi connectivity index (χ2n) is 9.48. The normalized spacial score (nSPS) is 21.6. The Labute approximate surface area is 222 Å². The summed E-state index contributed by atoms with van der Waals surface area (Å²) in [6, 6.07) is 23.1. The zero-order valence-corrected chi connectivity index (χ0v) is 21.0. The van der Waals surface area contributed by atoms with E-state index in [2.05, 4.69) is 6.58 Å². The quantitative estimate of drug-likeness (QED) is 0.287. The summed E-state index contributed by atoms with van der Waals surface area (Å²) in [4.78, 5) is 24.0. The molecule has 7 nitrogen and oxygen atoms in total. The molecule has 3 aromatic rings. The van der Waals surface area contributed by atoms with Crippen molar-refractivity contribution in [2.45, 2.75) is 56.2 Å². The van der Waals surface area contributed by atoms with Crippen LogP contribution < -0.4 is 0 Å². The Morgan fingerprint density at radius 2 is 1.53 bits per heavy atom. The van der Waals surface area contributed by atoms with Gasteiger partial charge in [-0.15, -0.1) is 6.58 Å². The highest BCUT2D eigenvalue weighted by Crippen LogP contribution is 2.37. The first-order valence-corrected chi connectivity index (χ1v) is 12.6. The van der Waals surface area contributed by atoms with Crippen molar-refractivity contribution in [3.8, 4) is 0 Å². The van der Waals surface area contributed by atoms with Crippen molar-refractivity contribution < 1.29 is 34.4 Å². The van der Waals surface area contributed by atoms with Crippen LogP contribution in [0.15, 0.2) is 91.5 Å². The van der Waals surface area contributed by atoms with Gasteiger partial charge in [-0.25, -0.2) is 9.59 Å². The fraction of sp³-hybridized carbons (Fsp3) is 0.290. The first-order valence-electron chi connectivity index (χ1n) is 12.6. The summed E-state index contributed by atoms with van der Waals surface area (Å²) in [6.07, 6.45) is 0.0920. The molecule has 1 heterocycles. The van der Waals surface area contributed by atoms with Gasteiger partial charge >= 0.3 is 11.9 Å². The molecule has 5 atom stereocenters. The molecule has 7 heteroatoms. The molecule has 198 valence electrons. The summed E-state index contributed by atoms with van der Waals surface area (Å²) < 4.78 is 12.5. The topological polar surface area (TPSA) is 113 Å². The van der Waals surface area contributed by atoms with Crippen LogP contribution in [0.1, 0.15) is 56.2 Å². The Balaban J connectivity index is 1.67. The fourth-order valence-corrected chi connectivity index (χ4v) is 5.16. The molecule has 1 aliphatic heterocycles. The van der Waals surface area contributed by atoms with E-state index in [0.717, 1.165) is 5.56 Å². The lowest BCUT2D eigenvalue weighted by atomic mass is 9.82. The van der Waals surface area contributed by atoms with Crippen molar-refractivity contribution in [3.63, 3.8) is 0 Å². The molecule has 0 bridgehead atoms. The molecule has 0 radical (unpaired) electrons. The van der Waals surface area contributed by atoms with Crippen LogP contribution in [0, 0.1) is 0 Å². The van der Waals surface area contributed by atoms with E-state index in [9.17, 15) is 24.9 Å². The minimum Gasteiger partial charge on any atom is -0.478 e. The van der Waals surface area contributed by atoms with Crippen LogP contribution in [0.5, 0.6) is 0 Å². The largest absolute Gasteiger partial charge is 0.478 e. The van der Waals surface area contributed by atoms with E-state index in [1.807, 2.05) is 30.3 Å². The number of carboxylic acid groups (broad SMARTS) is 2. The third-order valence-corrected chi connectivity index (χ3v) is 6.98. The zero-order valence-electron chi connectivity index (χ0n) is 21.0. The molecule has 0 amide bonds. The number of aliphatic hydroxyl groups excluding tert-OH is 1. The van der Waals surface area contributed by atoms with Crippen molar-refractivity contribution >= 4 is 11.9 Å². The van der Waals surface area contributed by atoms with Gasteiger partial charge in [0.2, 0.25) is 0 Å². The average Bonchev–Trinajstić information content (AvgIpc) is 3.21. The Morgan fingerprint density at radius 3 is 2.21 bits per heavy atom. The lowest BCUT2D eigenvalue weighted by Gasteiger charge is -2.27. The van der Waals surface area contributed by atoms with Crippen LogP contribution in [0.3, 0.4) is 0 Å². The molecule has 1 fully saturated rings. The van der Waals surface area contributed by atoms with Crippen LogP contribution in [0.2, 0.25) is 0 Å². The fourth-order valence-electron chi connectivity index (χ4n) is 5.16. The third-order valence-electron chi connectivity index (χ3n) is 6.98. The van der Waals surface area contributed by atoms with Crippen molar-refractivity contribution in [1.29, 1.82) is 0 Å². The summed E-state index contributed by atoms with van der Waals surface area (Å²) in [5, 5.41) is 30.7. The lowest BCUT2D eigenvalue weighted by molar-refractivity contribution is -0.0499. The minimum atomic E-state index is -1.06. The molecule has 0 aliphatic carbocycles. The number of hydrogen-bond acceptors (Lipinski definition) is 5. The highest BCUT2D eigenvalue weighted by molar-refractivity contribution is 5.90. The molecule has 3 N–H and O–H groups in total. The van der Waals surface area contributed by atoms with Crippen LogP contribution >= 0.6 is 0 Å². The summed E-state index contributed by atoms with van der Waals surface area (Å²) in [7, 11) is 0. The van der Waals surface area contributed by atoms with Crippen molar-refractivity contribution in [3.05, 3.63) is 119 Å². The summed E-state index contributed by atoms with van der Waals surface area (Å²) in [5.41, 5.74) is 2.43. The summed E-state index contributed by atoms with van der Waals surface area (Å²) in [5.74, 6) is -2.52. The van der Waals surface area contributed by atoms with Gasteiger partial charge in [-0.1, -0.05) is 72.8 Å². The van der Waals surface area contributed by atoms with Crippen LogP contribution in [-0.4, -0.2) is 51.7 Å². The summed E-state index contributed by atoms with van der Waals surface area (Å²) >= 11 is 0. The first kappa shape index (κ1) is 27.3. The van der Waals surface area contributed by atoms with Crippen molar-refractivity contribution in [1.82, 2.24) is 0 Å². The standard InChI is InChI=1S/C31H32O7/c1-2-10-26-28(32)29(37-19-20-11-4-3-5-12-20)27(38-26)18-22(23-14-8-9-16-25(23)31(35)36)17-21-13-6-7-15-24(21)30(33)34/h2-9,11-16,22,26-29,32H,1,10,17-19H2,(H,33,34)(H,35,36)/t22-,26-,27+,28-,29-/m0/s1. The number of benzene rings is 3. The molecule has 1 aliphatic rings. The third kappa shape index (κ3) is 6.37. The van der Waals surface area contributed by atoms with Gasteiger partial charge in [0, 0.05) is 0 Å². The van der Waals surface area contributed by atoms with Gasteiger partial charge in [-0.3, -0.25) is 0 Å². The van der Waals surface area contributed by atoms with Gasteiger partial charge in [-0.2, -0.15) is 0 Å². The second kappa shape index (κ2) is 12.6. The maximum absolute atomic E-state index is 12.1. The maximum Gasteiger partial charge on any atom is 0.335 e. The summed E-state index contributed by atoms with van der Waals surface area (Å²) in [6.45, 7) is 4.05. The lowest BCUT2D eigenvalue weighted by Crippen LogP contribution is -2.36. The smallest absolute Gasteiger partial charge is 0.335 e. The minimum absolute atomic E-state index is 0.147. The highest BCUT2D eigenvalue weighted by atomic mass is 16.6. The van der Waals surface area contributed by atoms with Gasteiger partial charge < -0.3 is 24.8 Å². The number of aromatic carboxylic acids is 2. The Morgan fingerprint density at radius 1 is 0.895 bits per heavy atom. The van der Waals surface area contributed by atoms with Crippen LogP contribution in [0.25, 0.3) is 0 Å². The van der Waals surface area contributed by atoms with Gasteiger partial charge in [0.15, 0.2) is 0 Å². The molecule has 3 aromatic carbocycles. The Hall–Kier alpha value is -3.78. The molecule has 1 saturated heterocycles. The first-order chi connectivity index (χ1) is 18.4. The Bertz CT molecular complexity index is 1260. The van der Waals surface area contributed by atoms with Crippen LogP contribution in [-0.2, 0) is 22.5 Å². The number of rotatable bonds is 12. The van der Waals surface area contributed by atoms with Crippen LogP contribution in [0.4, 0.5) is 0 Å². The number of carboxylic acids is 2. The molecule has 0 aromatic heterocycles. The van der Waals surface area contributed by atoms with Crippen molar-refractivity contribution in [2.24, 2.45) is 0 Å². The van der Waals surface area contributed by atoms with E-state index in [4.69, 9.17) is 9.47 Å². The number of aliphatic hydroxyl groups is 1. The van der Waals surface area contributed by atoms with E-state index < -0.39 is 42.3 Å². The van der Waals surface area contributed by atoms with Gasteiger partial charge in [0.1, 0.15) is 12.2 Å². The molecule has 38 heavy (non-hydrogen) atoms. The van der Waals surface area contributed by atoms with E-state index in [1.165, 1.54) is 0 Å². The monoisotopic (exact) mass is 516 g/mol. The van der Waals surface area contributed by atoms with E-state index in [-0.39, 0.29) is 24.2 Å². The van der Waals surface area contributed by atoms with Gasteiger partial charge in [0.25, 0.3) is 0 Å². The number of ether oxygens (including phenoxy) is 2. The maximum atomic E-state index is 12.1. The average molecular weight is 517 g/mol. The van der Waals surface area contributed by atoms with Gasteiger partial charge in [0.05, 0.1) is 29.9 Å². The second-order valence-corrected chi connectivity index (χ2v) is 9.48. The highest BCUT2D eigenvalue weighted by Gasteiger charge is 2.45. The molecule has 0 unspecified atom stereocenters. The SMILES string of the molecule is C=CC[C@@H]1O[C@H](C[C@H](Cc2ccccc2C(=O)O)c2ccccc2C(=O)O)[C@H](OCc2ccccc2)[C@H]1O. The van der Waals surface area contributed by atoms with E-state index in [0.29, 0.717) is 24.0 Å². The van der Waals surface area contributed by atoms with Crippen molar-refractivity contribution in [2.75, 3.05) is 0 Å². The van der Waals surface area contributed by atoms with E-state index >= 15 is 0 Å². The molecular formula is C31H32O7. The predicted molar refractivity (Wildman–Crippen MR) is 142 cm³/mol. The zero-order chi connectivity index (χ0) is 27.1. The molecule has 4 rings (SSSR count). The molecule has 0 saturated carbocycles. The van der Waals surface area contributed by atoms with Gasteiger partial charge in [-0.05, 0) is 54.0 Å². The number of hydrogen-bond donors (Lipinski definition) is 3. The Kier molecular flexibility index (Phi) is 9.07. The molecular weight excluding hydrogens is 484 g/mol. The predicted octanol–water partition coefficient (Wildman–Crippen LogP) is 5.09. The number of carbonyl (C=O) groups is 2. The van der Waals surface area contributed by atoms with E-state index in [1.54, 1.807) is 54.6 Å².